The number of nitrogens with one attached hydrogen (secondary N) is 2. The van der Waals surface area contributed by atoms with Crippen molar-refractivity contribution in [2.45, 2.75) is 91.5 Å². The van der Waals surface area contributed by atoms with Crippen molar-refractivity contribution in [3.63, 3.8) is 0 Å². The van der Waals surface area contributed by atoms with Crippen LogP contribution in [0, 0.1) is 11.8 Å². The molecule has 0 atom stereocenters. The van der Waals surface area contributed by atoms with Gasteiger partial charge in [-0.3, -0.25) is 14.3 Å². The molecule has 2 aromatic heterocycles. The van der Waals surface area contributed by atoms with Crippen molar-refractivity contribution >= 4 is 28.4 Å². The van der Waals surface area contributed by atoms with Crippen LogP contribution in [0.5, 0.6) is 0 Å². The molecule has 1 aliphatic heterocycles. The molecule has 5 rings (SSSR count). The van der Waals surface area contributed by atoms with Gasteiger partial charge in [0.05, 0.1) is 6.54 Å². The maximum atomic E-state index is 14.3. The summed E-state index contributed by atoms with van der Waals surface area (Å²) in [6.45, 7) is 14.0. The number of fused-ring (bicyclic) bond motifs is 1. The molecule has 0 unspecified atom stereocenters. The van der Waals surface area contributed by atoms with Crippen LogP contribution < -0.4 is 16.2 Å². The second-order valence-corrected chi connectivity index (χ2v) is 13.2. The summed E-state index contributed by atoms with van der Waals surface area (Å²) in [4.78, 5) is 35.3. The van der Waals surface area contributed by atoms with Crippen LogP contribution in [0.15, 0.2) is 65.6 Å². The average Bonchev–Trinajstić information content (AvgIpc) is 3.34. The van der Waals surface area contributed by atoms with Crippen molar-refractivity contribution < 1.29 is 4.79 Å². The number of likely N-dealkylation sites (tertiary alicyclic amines) is 1. The highest BCUT2D eigenvalue weighted by Crippen LogP contribution is 2.35. The molecular formula is C40H49N5O2. The van der Waals surface area contributed by atoms with Crippen LogP contribution in [0.4, 0.5) is 16.2 Å². The molecule has 2 amide bonds. The number of hydrogen-bond acceptors (Lipinski definition) is 4. The van der Waals surface area contributed by atoms with Crippen molar-refractivity contribution in [2.24, 2.45) is 0 Å². The fourth-order valence-electron chi connectivity index (χ4n) is 6.47. The number of urea groups is 1. The predicted octanol–water partition coefficient (Wildman–Crippen LogP) is 8.98. The number of pyridine rings is 2. The Labute approximate surface area is 279 Å². The minimum Gasteiger partial charge on any atom is -0.307 e. The molecule has 1 saturated heterocycles. The van der Waals surface area contributed by atoms with Gasteiger partial charge in [-0.25, -0.2) is 9.78 Å². The van der Waals surface area contributed by atoms with E-state index in [1.54, 1.807) is 10.8 Å². The normalized spacial score (nSPS) is 13.8. The van der Waals surface area contributed by atoms with E-state index in [-0.39, 0.29) is 23.1 Å². The highest BCUT2D eigenvalue weighted by molar-refractivity contribution is 6.07. The lowest BCUT2D eigenvalue weighted by atomic mass is 9.93. The molecule has 0 aliphatic carbocycles. The highest BCUT2D eigenvalue weighted by Gasteiger charge is 2.22. The number of para-hydroxylation sites is 1. The minimum absolute atomic E-state index is 0.209. The van der Waals surface area contributed by atoms with Gasteiger partial charge >= 0.3 is 6.03 Å². The summed E-state index contributed by atoms with van der Waals surface area (Å²) in [5.41, 5.74) is 5.82. The number of nitrogens with zero attached hydrogens (tertiary/aromatic N) is 3. The maximum Gasteiger partial charge on any atom is 0.323 e. The first-order chi connectivity index (χ1) is 22.8. The lowest BCUT2D eigenvalue weighted by Crippen LogP contribution is -2.30. The lowest BCUT2D eigenvalue weighted by Gasteiger charge is -2.22. The molecule has 1 fully saturated rings. The number of carbonyl (C=O) groups is 1. The number of carbonyl (C=O) groups excluding carboxylic acids is 1. The van der Waals surface area contributed by atoms with E-state index >= 15 is 0 Å². The molecule has 7 heteroatoms. The van der Waals surface area contributed by atoms with Crippen LogP contribution in [0.1, 0.15) is 102 Å². The van der Waals surface area contributed by atoms with E-state index in [0.29, 0.717) is 17.8 Å². The Morgan fingerprint density at radius 2 is 1.57 bits per heavy atom. The average molecular weight is 632 g/mol. The Balaban J connectivity index is 1.58. The standard InChI is InChI=1S/C40H49N5O2/c1-6-7-26-45-38-34(21-14-22-41-38)35(31-18-12-16-30(27-31)17-15-25-44-23-10-8-9-11-24-44)37(39(45)46)43-40(47)42-36-32(28(2)3)19-13-20-33(36)29(4)5/h12-14,16,18-22,27-29H,6-11,23-26H2,1-5H3,(H2,42,43,47). The summed E-state index contributed by atoms with van der Waals surface area (Å²) in [5.74, 6) is 7.16. The topological polar surface area (TPSA) is 79.3 Å². The van der Waals surface area contributed by atoms with Gasteiger partial charge in [0.2, 0.25) is 0 Å². The third-order valence-electron chi connectivity index (χ3n) is 8.99. The first-order valence-electron chi connectivity index (χ1n) is 17.3. The van der Waals surface area contributed by atoms with Gasteiger partial charge in [-0.15, -0.1) is 0 Å². The fraction of sp³-hybridized carbons (Fsp3) is 0.425. The largest absolute Gasteiger partial charge is 0.323 e. The SMILES string of the molecule is CCCCn1c(=O)c(NC(=O)Nc2c(C(C)C)cccc2C(C)C)c(-c2cccc(C#CCN3CCCCCC3)c2)c2cccnc21. The number of hydrogen-bond donors (Lipinski definition) is 2. The van der Waals surface area contributed by atoms with Crippen LogP contribution in [0.25, 0.3) is 22.2 Å². The summed E-state index contributed by atoms with van der Waals surface area (Å²) in [7, 11) is 0. The molecule has 7 nitrogen and oxygen atoms in total. The maximum absolute atomic E-state index is 14.3. The van der Waals surface area contributed by atoms with Gasteiger partial charge in [-0.1, -0.05) is 96.1 Å². The van der Waals surface area contributed by atoms with Crippen LogP contribution >= 0.6 is 0 Å². The zero-order valence-corrected chi connectivity index (χ0v) is 28.7. The molecule has 1 aliphatic rings. The summed E-state index contributed by atoms with van der Waals surface area (Å²) >= 11 is 0. The summed E-state index contributed by atoms with van der Waals surface area (Å²) in [5, 5.41) is 6.97. The number of aryl methyl sites for hydroxylation is 1. The second kappa shape index (κ2) is 15.9. The van der Waals surface area contributed by atoms with Crippen molar-refractivity contribution in [2.75, 3.05) is 30.3 Å². The minimum atomic E-state index is -0.447. The molecular weight excluding hydrogens is 582 g/mol. The number of anilines is 2. The summed E-state index contributed by atoms with van der Waals surface area (Å²) in [6.07, 6.45) is 8.51. The van der Waals surface area contributed by atoms with Gasteiger partial charge in [0.15, 0.2) is 0 Å². The summed E-state index contributed by atoms with van der Waals surface area (Å²) in [6, 6.07) is 17.5. The number of benzene rings is 2. The number of amides is 2. The van der Waals surface area contributed by atoms with Gasteiger partial charge < -0.3 is 10.6 Å². The van der Waals surface area contributed by atoms with Crippen LogP contribution in [-0.4, -0.2) is 40.1 Å². The molecule has 4 aromatic rings. The first-order valence-corrected chi connectivity index (χ1v) is 17.3. The van der Waals surface area contributed by atoms with Crippen LogP contribution in [0.2, 0.25) is 0 Å². The van der Waals surface area contributed by atoms with E-state index in [1.165, 1.54) is 25.7 Å². The third kappa shape index (κ3) is 8.12. The number of rotatable bonds is 9. The zero-order chi connectivity index (χ0) is 33.3. The number of unbranched alkanes of at least 4 members (excludes halogenated alkanes) is 1. The Bertz CT molecular complexity index is 1790. The lowest BCUT2D eigenvalue weighted by molar-refractivity contribution is 0.262. The van der Waals surface area contributed by atoms with Crippen molar-refractivity contribution in [3.8, 4) is 23.0 Å². The van der Waals surface area contributed by atoms with Crippen molar-refractivity contribution in [1.29, 1.82) is 0 Å². The van der Waals surface area contributed by atoms with Gasteiger partial charge in [-0.2, -0.15) is 0 Å². The monoisotopic (exact) mass is 631 g/mol. The molecule has 0 saturated carbocycles. The molecule has 47 heavy (non-hydrogen) atoms. The molecule has 2 aromatic carbocycles. The Morgan fingerprint density at radius 3 is 2.26 bits per heavy atom. The smallest absolute Gasteiger partial charge is 0.307 e. The zero-order valence-electron chi connectivity index (χ0n) is 28.7. The molecule has 0 radical (unpaired) electrons. The van der Waals surface area contributed by atoms with Gasteiger partial charge in [0.25, 0.3) is 5.56 Å². The van der Waals surface area contributed by atoms with E-state index in [0.717, 1.165) is 65.8 Å². The Morgan fingerprint density at radius 1 is 0.894 bits per heavy atom. The second-order valence-electron chi connectivity index (χ2n) is 13.2. The molecule has 2 N–H and O–H groups in total. The van der Waals surface area contributed by atoms with Crippen LogP contribution in [0.3, 0.4) is 0 Å². The quantitative estimate of drug-likeness (QED) is 0.181. The highest BCUT2D eigenvalue weighted by atomic mass is 16.2. The Kier molecular flexibility index (Phi) is 11.5. The van der Waals surface area contributed by atoms with Gasteiger partial charge in [0, 0.05) is 34.9 Å². The van der Waals surface area contributed by atoms with E-state index in [4.69, 9.17) is 0 Å². The molecule has 3 heterocycles. The van der Waals surface area contributed by atoms with Gasteiger partial charge in [0.1, 0.15) is 11.3 Å². The molecule has 0 bridgehead atoms. The molecule has 246 valence electrons. The van der Waals surface area contributed by atoms with E-state index in [1.807, 2.05) is 42.5 Å². The fourth-order valence-corrected chi connectivity index (χ4v) is 6.47. The predicted molar refractivity (Wildman–Crippen MR) is 195 cm³/mol. The van der Waals surface area contributed by atoms with Crippen molar-refractivity contribution in [3.05, 3.63) is 87.8 Å². The van der Waals surface area contributed by atoms with Gasteiger partial charge in [-0.05, 0) is 85.1 Å². The van der Waals surface area contributed by atoms with E-state index < -0.39 is 6.03 Å². The van der Waals surface area contributed by atoms with Crippen LogP contribution in [-0.2, 0) is 6.54 Å². The van der Waals surface area contributed by atoms with E-state index in [9.17, 15) is 9.59 Å². The van der Waals surface area contributed by atoms with Crippen molar-refractivity contribution in [1.82, 2.24) is 14.5 Å². The molecule has 0 spiro atoms. The first kappa shape index (κ1) is 33.9. The Hall–Kier alpha value is -4.41. The van der Waals surface area contributed by atoms with E-state index in [2.05, 4.69) is 79.1 Å². The summed E-state index contributed by atoms with van der Waals surface area (Å²) < 4.78 is 1.70. The third-order valence-corrected chi connectivity index (χ3v) is 8.99. The number of aromatic nitrogens is 2.